The van der Waals surface area contributed by atoms with E-state index in [4.69, 9.17) is 21.7 Å². The van der Waals surface area contributed by atoms with Crippen LogP contribution in [-0.4, -0.2) is 38.5 Å². The summed E-state index contributed by atoms with van der Waals surface area (Å²) >= 11 is 5.37. The van der Waals surface area contributed by atoms with Gasteiger partial charge in [0.15, 0.2) is 16.3 Å². The lowest BCUT2D eigenvalue weighted by Crippen LogP contribution is -2.31. The summed E-state index contributed by atoms with van der Waals surface area (Å²) in [6.07, 6.45) is 1.26. The number of carboxylic acids is 1. The smallest absolute Gasteiger partial charge is 0.341 e. The van der Waals surface area contributed by atoms with Crippen LogP contribution in [0.3, 0.4) is 0 Å². The minimum atomic E-state index is -1.38. The number of H-pyrrole nitrogens is 1. The van der Waals surface area contributed by atoms with Crippen molar-refractivity contribution >= 4 is 51.4 Å². The van der Waals surface area contributed by atoms with Crippen LogP contribution in [0, 0.1) is 10.6 Å². The summed E-state index contributed by atoms with van der Waals surface area (Å²) < 4.78 is 30.5. The number of nitrogens with zero attached hydrogens (tertiary/aromatic N) is 3. The van der Waals surface area contributed by atoms with Gasteiger partial charge in [-0.2, -0.15) is 0 Å². The third kappa shape index (κ3) is 2.92. The van der Waals surface area contributed by atoms with Gasteiger partial charge in [0.2, 0.25) is 12.2 Å². The number of hydrogen-bond donors (Lipinski definition) is 2. The van der Waals surface area contributed by atoms with Gasteiger partial charge in [0.25, 0.3) is 5.56 Å². The zero-order valence-corrected chi connectivity index (χ0v) is 19.1. The zero-order chi connectivity index (χ0) is 24.6. The Morgan fingerprint density at radius 3 is 2.74 bits per heavy atom. The summed E-state index contributed by atoms with van der Waals surface area (Å²) in [4.78, 5) is 41.4. The first kappa shape index (κ1) is 21.4. The molecule has 2 N–H and O–H groups in total. The Labute approximate surface area is 200 Å². The quantitative estimate of drug-likeness (QED) is 0.416. The minimum absolute atomic E-state index is 0.0351. The molecule has 35 heavy (non-hydrogen) atoms. The first-order valence-electron chi connectivity index (χ1n) is 10.8. The number of hydrogen-bond acceptors (Lipinski definition) is 7. The number of ether oxygens (including phenoxy) is 2. The molecule has 10 nitrogen and oxygen atoms in total. The molecule has 0 unspecified atom stereocenters. The second-order valence-electron chi connectivity index (χ2n) is 8.20. The predicted molar refractivity (Wildman–Crippen MR) is 127 cm³/mol. The molecule has 0 saturated carbocycles. The van der Waals surface area contributed by atoms with Crippen molar-refractivity contribution in [1.82, 2.24) is 14.1 Å². The van der Waals surface area contributed by atoms with Gasteiger partial charge < -0.3 is 28.6 Å². The minimum Gasteiger partial charge on any atom is -0.477 e. The summed E-state index contributed by atoms with van der Waals surface area (Å²) in [6, 6.07) is 4.15. The molecule has 12 heteroatoms. The third-order valence-electron chi connectivity index (χ3n) is 6.42. The maximum atomic E-state index is 15.6. The van der Waals surface area contributed by atoms with Gasteiger partial charge in [0.1, 0.15) is 17.1 Å². The summed E-state index contributed by atoms with van der Waals surface area (Å²) in [5.41, 5.74) is -0.142. The lowest BCUT2D eigenvalue weighted by molar-refractivity contribution is 0.0695. The second-order valence-corrected chi connectivity index (χ2v) is 8.59. The highest BCUT2D eigenvalue weighted by Gasteiger charge is 2.32. The molecule has 4 heterocycles. The van der Waals surface area contributed by atoms with Crippen LogP contribution in [0.5, 0.6) is 11.5 Å². The average Bonchev–Trinajstić information content (AvgIpc) is 3.31. The number of rotatable bonds is 3. The van der Waals surface area contributed by atoms with Crippen LogP contribution in [0.2, 0.25) is 0 Å². The van der Waals surface area contributed by atoms with Crippen molar-refractivity contribution in [2.45, 2.75) is 20.0 Å². The molecule has 6 rings (SSSR count). The number of pyridine rings is 1. The van der Waals surface area contributed by atoms with Crippen LogP contribution >= 0.6 is 12.2 Å². The highest BCUT2D eigenvalue weighted by atomic mass is 32.1. The number of aromatic carboxylic acids is 1. The fraction of sp³-hybridized carbons (Fsp3) is 0.217. The van der Waals surface area contributed by atoms with E-state index in [2.05, 4.69) is 4.98 Å². The van der Waals surface area contributed by atoms with Crippen LogP contribution < -0.4 is 25.4 Å². The van der Waals surface area contributed by atoms with E-state index in [-0.39, 0.29) is 29.2 Å². The van der Waals surface area contributed by atoms with E-state index in [1.165, 1.54) is 12.3 Å². The molecular weight excluding hydrogens is 479 g/mol. The van der Waals surface area contributed by atoms with Gasteiger partial charge in [-0.3, -0.25) is 14.6 Å². The molecule has 0 amide bonds. The van der Waals surface area contributed by atoms with Crippen LogP contribution in [-0.2, 0) is 13.1 Å². The molecule has 0 saturated heterocycles. The molecule has 0 spiro atoms. The van der Waals surface area contributed by atoms with Crippen LogP contribution in [0.1, 0.15) is 17.3 Å². The molecule has 0 atom stereocenters. The number of carbonyl (C=O) groups is 1. The molecule has 2 aliphatic rings. The molecule has 0 aliphatic carbocycles. The Morgan fingerprint density at radius 1 is 1.20 bits per heavy atom. The number of aryl methyl sites for hydroxylation is 1. The van der Waals surface area contributed by atoms with Gasteiger partial charge in [-0.05, 0) is 37.3 Å². The number of fused-ring (bicyclic) bond motifs is 3. The van der Waals surface area contributed by atoms with Gasteiger partial charge >= 0.3 is 5.97 Å². The predicted octanol–water partition coefficient (Wildman–Crippen LogP) is 3.11. The number of nitrogens with one attached hydrogen (secondary N) is 1. The molecule has 2 aromatic carbocycles. The number of benzene rings is 2. The van der Waals surface area contributed by atoms with Crippen LogP contribution in [0.4, 0.5) is 15.8 Å². The maximum absolute atomic E-state index is 15.6. The summed E-state index contributed by atoms with van der Waals surface area (Å²) in [5, 5.41) is 9.69. The monoisotopic (exact) mass is 496 g/mol. The summed E-state index contributed by atoms with van der Waals surface area (Å²) in [5.74, 6) is -1.38. The fourth-order valence-electron chi connectivity index (χ4n) is 4.83. The zero-order valence-electron chi connectivity index (χ0n) is 18.3. The molecule has 2 aromatic heterocycles. The van der Waals surface area contributed by atoms with Crippen molar-refractivity contribution in [2.75, 3.05) is 18.2 Å². The highest BCUT2D eigenvalue weighted by molar-refractivity contribution is 7.71. The molecule has 178 valence electrons. The number of carboxylic acid groups (broad SMARTS) is 1. The lowest BCUT2D eigenvalue weighted by Gasteiger charge is -2.33. The van der Waals surface area contributed by atoms with Gasteiger partial charge in [0.05, 0.1) is 22.1 Å². The fourth-order valence-corrected chi connectivity index (χ4v) is 5.11. The first-order chi connectivity index (χ1) is 16.8. The van der Waals surface area contributed by atoms with Crippen molar-refractivity contribution in [3.63, 3.8) is 0 Å². The van der Waals surface area contributed by atoms with Crippen molar-refractivity contribution in [1.29, 1.82) is 0 Å². The maximum Gasteiger partial charge on any atom is 0.341 e. The van der Waals surface area contributed by atoms with Gasteiger partial charge in [-0.1, -0.05) is 0 Å². The number of aromatic nitrogens is 3. The van der Waals surface area contributed by atoms with E-state index in [9.17, 15) is 19.5 Å². The van der Waals surface area contributed by atoms with E-state index in [0.717, 1.165) is 6.07 Å². The van der Waals surface area contributed by atoms with E-state index >= 15 is 4.39 Å². The second kappa shape index (κ2) is 7.40. The first-order valence-corrected chi connectivity index (χ1v) is 11.2. The summed E-state index contributed by atoms with van der Waals surface area (Å²) in [7, 11) is 0. The van der Waals surface area contributed by atoms with Gasteiger partial charge in [-0.15, -0.1) is 0 Å². The van der Waals surface area contributed by atoms with Gasteiger partial charge in [0, 0.05) is 31.2 Å². The van der Waals surface area contributed by atoms with Crippen LogP contribution in [0.25, 0.3) is 21.8 Å². The Balaban J connectivity index is 1.69. The van der Waals surface area contributed by atoms with Crippen molar-refractivity contribution in [2.24, 2.45) is 0 Å². The summed E-state index contributed by atoms with van der Waals surface area (Å²) in [6.45, 7) is 2.74. The largest absolute Gasteiger partial charge is 0.477 e. The molecule has 4 aromatic rings. The standard InChI is InChI=1S/C23H17FN4O6S/c1-2-26-8-12(22(31)32)19(29)10-5-13(24)15(7-14(10)26)27-3-4-28-17-11(21(30)25-23(28)35)6-16-20(18(17)27)34-9-33-16/h5-8H,2-4,9H2,1H3,(H,31,32)(H,25,30,35). The van der Waals surface area contributed by atoms with Crippen molar-refractivity contribution in [3.05, 3.63) is 61.1 Å². The molecular formula is C23H17FN4O6S. The molecule has 2 aliphatic heterocycles. The highest BCUT2D eigenvalue weighted by Crippen LogP contribution is 2.49. The lowest BCUT2D eigenvalue weighted by atomic mass is 10.1. The molecule has 0 bridgehead atoms. The Kier molecular flexibility index (Phi) is 4.52. The topological polar surface area (TPSA) is 119 Å². The molecule has 0 fully saturated rings. The van der Waals surface area contributed by atoms with E-state index in [0.29, 0.717) is 46.7 Å². The Morgan fingerprint density at radius 2 is 2.00 bits per heavy atom. The third-order valence-corrected chi connectivity index (χ3v) is 6.74. The van der Waals surface area contributed by atoms with Crippen molar-refractivity contribution < 1.29 is 23.8 Å². The SMILES string of the molecule is CCn1cc(C(=O)O)c(=O)c2cc(F)c(N3CCn4c(=S)[nH]c(=O)c5cc6c(c3c54)OCO6)cc21. The van der Waals surface area contributed by atoms with Gasteiger partial charge in [-0.25, -0.2) is 9.18 Å². The number of anilines is 2. The normalized spacial score (nSPS) is 14.2. The van der Waals surface area contributed by atoms with E-state index in [1.807, 2.05) is 0 Å². The number of halogens is 1. The Bertz CT molecular complexity index is 1790. The number of aromatic amines is 1. The Hall–Kier alpha value is -4.19. The molecule has 0 radical (unpaired) electrons. The van der Waals surface area contributed by atoms with Crippen molar-refractivity contribution in [3.8, 4) is 11.5 Å². The average molecular weight is 496 g/mol. The van der Waals surface area contributed by atoms with Crippen LogP contribution in [0.15, 0.2) is 34.0 Å². The van der Waals surface area contributed by atoms with E-state index < -0.39 is 28.3 Å². The van der Waals surface area contributed by atoms with E-state index in [1.54, 1.807) is 27.0 Å².